The van der Waals surface area contributed by atoms with Crippen molar-refractivity contribution in [1.29, 1.82) is 0 Å². The van der Waals surface area contributed by atoms with Crippen LogP contribution in [0.4, 0.5) is 22.0 Å². The van der Waals surface area contributed by atoms with Crippen molar-refractivity contribution in [3.8, 4) is 0 Å². The second-order valence-corrected chi connectivity index (χ2v) is 9.71. The molecule has 1 atom stereocenters. The summed E-state index contributed by atoms with van der Waals surface area (Å²) in [5, 5.41) is 18.5. The molecule has 1 unspecified atom stereocenters. The number of alkyl halides is 3. The first-order chi connectivity index (χ1) is 19.7. The second-order valence-electron chi connectivity index (χ2n) is 9.71. The van der Waals surface area contributed by atoms with Crippen molar-refractivity contribution in [3.63, 3.8) is 0 Å². The summed E-state index contributed by atoms with van der Waals surface area (Å²) in [7, 11) is 0. The first-order valence-corrected chi connectivity index (χ1v) is 12.6. The number of fused-ring (bicyclic) bond motifs is 1. The number of amides is 2. The van der Waals surface area contributed by atoms with Crippen LogP contribution in [-0.2, 0) is 28.7 Å². The number of hydrogen-bond donors (Lipinski definition) is 3. The highest BCUT2D eigenvalue weighted by Gasteiger charge is 2.34. The van der Waals surface area contributed by atoms with Gasteiger partial charge in [0, 0.05) is 12.1 Å². The minimum atomic E-state index is -4.92. The summed E-state index contributed by atoms with van der Waals surface area (Å²) in [5.41, 5.74) is 0.168. The van der Waals surface area contributed by atoms with Crippen LogP contribution in [0.25, 0.3) is 5.70 Å². The lowest BCUT2D eigenvalue weighted by molar-refractivity contribution is -0.140. The number of carbonyl (C=O) groups is 3. The Balaban J connectivity index is 1.56. The van der Waals surface area contributed by atoms with Crippen molar-refractivity contribution in [1.82, 2.24) is 20.4 Å². The standard InChI is InChI=1S/C29H25F5N4O4/c1-14(26(39)35-12-17-4-8-22(30)21(11-17)29(32,33)34)10-25(38-16(3)23(31)13-36-38)27(40)37-24-9-7-18-15(2)19(28(41)42)5-6-20(18)24/h4-6,8,10-11,13,24H,1,7,9,12H2,2-3H3,(H,35,39)(H,37,40)(H,41,42)/b25-10-. The van der Waals surface area contributed by atoms with Crippen LogP contribution in [0.5, 0.6) is 0 Å². The minimum Gasteiger partial charge on any atom is -0.478 e. The van der Waals surface area contributed by atoms with Gasteiger partial charge in [-0.15, -0.1) is 0 Å². The molecule has 1 heterocycles. The third-order valence-electron chi connectivity index (χ3n) is 7.03. The summed E-state index contributed by atoms with van der Waals surface area (Å²) in [5.74, 6) is -4.83. The zero-order valence-corrected chi connectivity index (χ0v) is 22.4. The van der Waals surface area contributed by atoms with Crippen LogP contribution in [0.3, 0.4) is 0 Å². The lowest BCUT2D eigenvalue weighted by Crippen LogP contribution is -2.31. The van der Waals surface area contributed by atoms with Crippen LogP contribution in [-0.4, -0.2) is 32.7 Å². The van der Waals surface area contributed by atoms with Crippen molar-refractivity contribution >= 4 is 23.5 Å². The molecule has 0 saturated heterocycles. The van der Waals surface area contributed by atoms with Crippen LogP contribution in [0.1, 0.15) is 56.3 Å². The van der Waals surface area contributed by atoms with Gasteiger partial charge in [-0.05, 0) is 73.2 Å². The van der Waals surface area contributed by atoms with E-state index in [1.165, 1.54) is 13.0 Å². The Bertz CT molecular complexity index is 1640. The van der Waals surface area contributed by atoms with Gasteiger partial charge < -0.3 is 15.7 Å². The summed E-state index contributed by atoms with van der Waals surface area (Å²) in [4.78, 5) is 37.7. The quantitative estimate of drug-likeness (QED) is 0.195. The van der Waals surface area contributed by atoms with Crippen LogP contribution >= 0.6 is 0 Å². The maximum absolute atomic E-state index is 14.2. The van der Waals surface area contributed by atoms with E-state index in [1.54, 1.807) is 13.0 Å². The van der Waals surface area contributed by atoms with Crippen LogP contribution in [0.15, 0.2) is 54.8 Å². The molecule has 8 nitrogen and oxygen atoms in total. The Hall–Kier alpha value is -4.81. The summed E-state index contributed by atoms with van der Waals surface area (Å²) in [6.07, 6.45) is -2.01. The predicted molar refractivity (Wildman–Crippen MR) is 141 cm³/mol. The lowest BCUT2D eigenvalue weighted by Gasteiger charge is -2.18. The van der Waals surface area contributed by atoms with Crippen molar-refractivity contribution < 1.29 is 41.4 Å². The van der Waals surface area contributed by atoms with Crippen molar-refractivity contribution in [2.45, 2.75) is 45.5 Å². The molecule has 3 aromatic rings. The molecule has 0 radical (unpaired) electrons. The van der Waals surface area contributed by atoms with Crippen molar-refractivity contribution in [2.24, 2.45) is 0 Å². The summed E-state index contributed by atoms with van der Waals surface area (Å²) in [6, 6.07) is 4.86. The van der Waals surface area contributed by atoms with Gasteiger partial charge in [0.15, 0.2) is 5.82 Å². The number of carboxylic acids is 1. The smallest absolute Gasteiger partial charge is 0.419 e. The SMILES string of the molecule is C=C(/C=C(/C(=O)NC1CCc2c1ccc(C(=O)O)c2C)n1ncc(F)c1C)C(=O)NCc1ccc(F)c(C(F)(F)F)c1. The summed E-state index contributed by atoms with van der Waals surface area (Å²) in [6.45, 7) is 6.28. The number of aromatic carboxylic acids is 1. The molecule has 1 aliphatic rings. The van der Waals surface area contributed by atoms with Crippen molar-refractivity contribution in [2.75, 3.05) is 0 Å². The summed E-state index contributed by atoms with van der Waals surface area (Å²) >= 11 is 0. The molecule has 13 heteroatoms. The third kappa shape index (κ3) is 6.09. The molecule has 2 amide bonds. The first kappa shape index (κ1) is 30.2. The molecule has 42 heavy (non-hydrogen) atoms. The number of carbonyl (C=O) groups excluding carboxylic acids is 2. The fraction of sp³-hybridized carbons (Fsp3) is 0.241. The molecule has 0 bridgehead atoms. The van der Waals surface area contributed by atoms with E-state index in [0.29, 0.717) is 30.5 Å². The number of halogens is 5. The van der Waals surface area contributed by atoms with Gasteiger partial charge in [0.2, 0.25) is 0 Å². The van der Waals surface area contributed by atoms with Crippen molar-refractivity contribution in [3.05, 3.63) is 105 Å². The summed E-state index contributed by atoms with van der Waals surface area (Å²) < 4.78 is 67.8. The Morgan fingerprint density at radius 1 is 1.12 bits per heavy atom. The topological polar surface area (TPSA) is 113 Å². The van der Waals surface area contributed by atoms with Gasteiger partial charge in [-0.2, -0.15) is 18.3 Å². The van der Waals surface area contributed by atoms with E-state index in [-0.39, 0.29) is 28.1 Å². The largest absolute Gasteiger partial charge is 0.478 e. The second kappa shape index (κ2) is 11.6. The number of nitrogens with zero attached hydrogens (tertiary/aromatic N) is 2. The first-order valence-electron chi connectivity index (χ1n) is 12.6. The molecule has 0 saturated carbocycles. The molecule has 0 spiro atoms. The minimum absolute atomic E-state index is 0.0296. The maximum atomic E-state index is 14.2. The molecule has 0 aliphatic heterocycles. The van der Waals surface area contributed by atoms with Gasteiger partial charge in [-0.3, -0.25) is 9.59 Å². The van der Waals surface area contributed by atoms with E-state index in [2.05, 4.69) is 22.3 Å². The van der Waals surface area contributed by atoms with Gasteiger partial charge in [0.1, 0.15) is 11.5 Å². The van der Waals surface area contributed by atoms with Gasteiger partial charge in [-0.25, -0.2) is 18.3 Å². The number of hydrogen-bond acceptors (Lipinski definition) is 4. The third-order valence-corrected chi connectivity index (χ3v) is 7.03. The molecule has 0 fully saturated rings. The molecular weight excluding hydrogens is 563 g/mol. The van der Waals surface area contributed by atoms with E-state index in [0.717, 1.165) is 34.1 Å². The fourth-order valence-corrected chi connectivity index (χ4v) is 4.78. The molecule has 4 rings (SSSR count). The van der Waals surface area contributed by atoms with Crippen LogP contribution < -0.4 is 10.6 Å². The highest BCUT2D eigenvalue weighted by atomic mass is 19.4. The Morgan fingerprint density at radius 3 is 2.45 bits per heavy atom. The average Bonchev–Trinajstić information content (AvgIpc) is 3.48. The number of rotatable bonds is 8. The van der Waals surface area contributed by atoms with Crippen LogP contribution in [0.2, 0.25) is 0 Å². The van der Waals surface area contributed by atoms with Gasteiger partial charge in [0.25, 0.3) is 11.8 Å². The lowest BCUT2D eigenvalue weighted by atomic mass is 9.98. The molecule has 3 N–H and O–H groups in total. The number of nitrogens with one attached hydrogen (secondary N) is 2. The van der Waals surface area contributed by atoms with E-state index in [4.69, 9.17) is 0 Å². The van der Waals surface area contributed by atoms with E-state index >= 15 is 0 Å². The Labute approximate surface area is 236 Å². The predicted octanol–water partition coefficient (Wildman–Crippen LogP) is 5.01. The molecular formula is C29H25F5N4O4. The zero-order valence-electron chi connectivity index (χ0n) is 22.4. The normalized spacial score (nSPS) is 14.8. The Morgan fingerprint density at radius 2 is 1.83 bits per heavy atom. The monoisotopic (exact) mass is 588 g/mol. The van der Waals surface area contributed by atoms with Gasteiger partial charge >= 0.3 is 12.1 Å². The fourth-order valence-electron chi connectivity index (χ4n) is 4.78. The maximum Gasteiger partial charge on any atom is 0.419 e. The number of aromatic nitrogens is 2. The average molecular weight is 589 g/mol. The molecule has 2 aromatic carbocycles. The number of carboxylic acid groups (broad SMARTS) is 1. The molecule has 1 aliphatic carbocycles. The van der Waals surface area contributed by atoms with E-state index in [1.807, 2.05) is 0 Å². The van der Waals surface area contributed by atoms with Crippen LogP contribution in [0, 0.1) is 25.5 Å². The van der Waals surface area contributed by atoms with Gasteiger partial charge in [-0.1, -0.05) is 18.7 Å². The zero-order chi connectivity index (χ0) is 30.9. The highest BCUT2D eigenvalue weighted by molar-refractivity contribution is 6.16. The van der Waals surface area contributed by atoms with Gasteiger partial charge in [0.05, 0.1) is 29.1 Å². The van der Waals surface area contributed by atoms with E-state index in [9.17, 15) is 41.4 Å². The highest BCUT2D eigenvalue weighted by Crippen LogP contribution is 2.35. The molecule has 220 valence electrons. The Kier molecular flexibility index (Phi) is 8.32. The van der Waals surface area contributed by atoms with E-state index < -0.39 is 53.7 Å². The molecule has 1 aromatic heterocycles. The number of benzene rings is 2.